The van der Waals surface area contributed by atoms with Gasteiger partial charge in [0.25, 0.3) is 0 Å². The lowest BCUT2D eigenvalue weighted by Gasteiger charge is -2.21. The minimum Gasteiger partial charge on any atom is -0.462 e. The van der Waals surface area contributed by atoms with Crippen LogP contribution in [0.5, 0.6) is 0 Å². The van der Waals surface area contributed by atoms with Gasteiger partial charge in [0.2, 0.25) is 0 Å². The fourth-order valence-corrected chi connectivity index (χ4v) is 12.0. The smallest absolute Gasteiger partial charge is 0.462 e. The van der Waals surface area contributed by atoms with Gasteiger partial charge in [-0.1, -0.05) is 304 Å². The van der Waals surface area contributed by atoms with E-state index in [0.29, 0.717) is 25.7 Å². The van der Waals surface area contributed by atoms with Gasteiger partial charge >= 0.3 is 39.5 Å². The highest BCUT2D eigenvalue weighted by Crippen LogP contribution is 2.45. The average Bonchev–Trinajstić information content (AvgIpc) is 3.69. The molecule has 0 saturated heterocycles. The number of aliphatic hydroxyl groups excluding tert-OH is 1. The largest absolute Gasteiger partial charge is 0.472 e. The molecule has 0 radical (unpaired) electrons. The standard InChI is InChI=1S/C69H134O17P2/c1-6-9-12-15-18-21-24-25-26-28-35-40-45-50-55-69(74)86-65(59-80-67(72)53-48-43-38-33-30-29-31-36-41-46-51-62(4)5)61-84-88(77,78)82-57-63(70)56-81-87(75,76)83-60-64(58-79-66(71)52-47-42-37-32-23-20-17-14-11-8-3)85-68(73)54-49-44-39-34-27-22-19-16-13-10-7-2/h62-65,70H,6-61H2,1-5H3,(H,75,76)(H,77,78)/t63-,64+,65+/m0/s1. The van der Waals surface area contributed by atoms with E-state index < -0.39 is 97.5 Å². The van der Waals surface area contributed by atoms with Crippen LogP contribution in [0.25, 0.3) is 0 Å². The minimum atomic E-state index is -4.95. The molecule has 0 spiro atoms. The molecule has 0 aliphatic carbocycles. The Bertz CT molecular complexity index is 1700. The van der Waals surface area contributed by atoms with Gasteiger partial charge < -0.3 is 33.8 Å². The number of esters is 4. The van der Waals surface area contributed by atoms with E-state index in [0.717, 1.165) is 95.8 Å². The van der Waals surface area contributed by atoms with Crippen molar-refractivity contribution in [1.82, 2.24) is 0 Å². The van der Waals surface area contributed by atoms with Gasteiger partial charge in [0.1, 0.15) is 19.3 Å². The number of carbonyl (C=O) groups excluding carboxylic acids is 4. The summed E-state index contributed by atoms with van der Waals surface area (Å²) >= 11 is 0. The molecule has 522 valence electrons. The molecular weight excluding hydrogens is 1160 g/mol. The summed E-state index contributed by atoms with van der Waals surface area (Å²) in [4.78, 5) is 72.5. The maximum Gasteiger partial charge on any atom is 0.472 e. The Hall–Kier alpha value is -1.94. The number of unbranched alkanes of at least 4 members (excludes halogenated alkanes) is 41. The normalized spacial score (nSPS) is 14.1. The number of hydrogen-bond acceptors (Lipinski definition) is 15. The van der Waals surface area contributed by atoms with Crippen LogP contribution >= 0.6 is 15.6 Å². The zero-order valence-electron chi connectivity index (χ0n) is 56.9. The van der Waals surface area contributed by atoms with Crippen LogP contribution in [-0.4, -0.2) is 96.7 Å². The molecule has 0 aromatic heterocycles. The van der Waals surface area contributed by atoms with Crippen LogP contribution in [0.4, 0.5) is 0 Å². The van der Waals surface area contributed by atoms with E-state index in [2.05, 4.69) is 34.6 Å². The quantitative estimate of drug-likeness (QED) is 0.0222. The summed E-state index contributed by atoms with van der Waals surface area (Å²) in [6, 6.07) is 0. The lowest BCUT2D eigenvalue weighted by atomic mass is 10.0. The second-order valence-electron chi connectivity index (χ2n) is 25.4. The Morgan fingerprint density at radius 1 is 0.307 bits per heavy atom. The van der Waals surface area contributed by atoms with Gasteiger partial charge in [0.15, 0.2) is 12.2 Å². The van der Waals surface area contributed by atoms with Gasteiger partial charge in [-0.2, -0.15) is 0 Å². The lowest BCUT2D eigenvalue weighted by Crippen LogP contribution is -2.30. The van der Waals surface area contributed by atoms with Crippen molar-refractivity contribution in [2.75, 3.05) is 39.6 Å². The molecule has 0 aliphatic rings. The first-order chi connectivity index (χ1) is 42.5. The van der Waals surface area contributed by atoms with Gasteiger partial charge in [-0.25, -0.2) is 9.13 Å². The molecule has 0 saturated carbocycles. The second kappa shape index (κ2) is 62.5. The van der Waals surface area contributed by atoms with Crippen molar-refractivity contribution >= 4 is 39.5 Å². The Balaban J connectivity index is 5.24. The first-order valence-corrected chi connectivity index (χ1v) is 39.1. The van der Waals surface area contributed by atoms with Crippen molar-refractivity contribution in [2.45, 2.75) is 374 Å². The summed E-state index contributed by atoms with van der Waals surface area (Å²) in [7, 11) is -9.89. The van der Waals surface area contributed by atoms with Crippen LogP contribution in [0.3, 0.4) is 0 Å². The van der Waals surface area contributed by atoms with Crippen molar-refractivity contribution < 1.29 is 80.2 Å². The van der Waals surface area contributed by atoms with Crippen molar-refractivity contribution in [2.24, 2.45) is 5.92 Å². The van der Waals surface area contributed by atoms with Crippen LogP contribution in [0, 0.1) is 5.92 Å². The first kappa shape index (κ1) is 86.1. The molecule has 0 aliphatic heterocycles. The Morgan fingerprint density at radius 3 is 0.773 bits per heavy atom. The van der Waals surface area contributed by atoms with Gasteiger partial charge in [-0.15, -0.1) is 0 Å². The zero-order valence-corrected chi connectivity index (χ0v) is 58.6. The van der Waals surface area contributed by atoms with Crippen molar-refractivity contribution in [3.63, 3.8) is 0 Å². The Kier molecular flexibility index (Phi) is 61.1. The fraction of sp³-hybridized carbons (Fsp3) is 0.942. The highest BCUT2D eigenvalue weighted by molar-refractivity contribution is 7.47. The molecule has 0 aromatic rings. The third-order valence-electron chi connectivity index (χ3n) is 16.0. The summed E-state index contributed by atoms with van der Waals surface area (Å²) in [5, 5.41) is 10.6. The third kappa shape index (κ3) is 62.8. The number of rotatable bonds is 69. The molecule has 5 atom stereocenters. The van der Waals surface area contributed by atoms with Gasteiger partial charge in [0, 0.05) is 25.7 Å². The van der Waals surface area contributed by atoms with E-state index in [1.165, 1.54) is 180 Å². The topological polar surface area (TPSA) is 237 Å². The van der Waals surface area contributed by atoms with Gasteiger partial charge in [-0.3, -0.25) is 37.3 Å². The molecule has 0 amide bonds. The third-order valence-corrected chi connectivity index (χ3v) is 17.9. The summed E-state index contributed by atoms with van der Waals surface area (Å²) in [5.74, 6) is -1.36. The number of ether oxygens (including phenoxy) is 4. The highest BCUT2D eigenvalue weighted by atomic mass is 31.2. The van der Waals surface area contributed by atoms with E-state index in [9.17, 15) is 43.2 Å². The van der Waals surface area contributed by atoms with E-state index in [4.69, 9.17) is 37.0 Å². The average molecular weight is 1300 g/mol. The molecule has 2 unspecified atom stereocenters. The molecule has 88 heavy (non-hydrogen) atoms. The zero-order chi connectivity index (χ0) is 64.9. The molecule has 0 rings (SSSR count). The Labute approximate surface area is 537 Å². The molecule has 19 heteroatoms. The van der Waals surface area contributed by atoms with Crippen LogP contribution in [0.2, 0.25) is 0 Å². The monoisotopic (exact) mass is 1300 g/mol. The molecule has 17 nitrogen and oxygen atoms in total. The van der Waals surface area contributed by atoms with E-state index in [1.54, 1.807) is 0 Å². The number of hydrogen-bond donors (Lipinski definition) is 3. The Morgan fingerprint density at radius 2 is 0.523 bits per heavy atom. The highest BCUT2D eigenvalue weighted by Gasteiger charge is 2.30. The number of carbonyl (C=O) groups is 4. The van der Waals surface area contributed by atoms with Crippen molar-refractivity contribution in [3.05, 3.63) is 0 Å². The predicted molar refractivity (Wildman–Crippen MR) is 354 cm³/mol. The van der Waals surface area contributed by atoms with Crippen LogP contribution in [0.15, 0.2) is 0 Å². The van der Waals surface area contributed by atoms with E-state index in [1.807, 2.05) is 0 Å². The summed E-state index contributed by atoms with van der Waals surface area (Å²) in [5.41, 5.74) is 0. The predicted octanol–water partition coefficient (Wildman–Crippen LogP) is 19.7. The van der Waals surface area contributed by atoms with E-state index >= 15 is 0 Å². The van der Waals surface area contributed by atoms with E-state index in [-0.39, 0.29) is 25.7 Å². The summed E-state index contributed by atoms with van der Waals surface area (Å²) in [6.45, 7) is 7.23. The van der Waals surface area contributed by atoms with Gasteiger partial charge in [-0.05, 0) is 31.6 Å². The number of phosphoric acid groups is 2. The lowest BCUT2D eigenvalue weighted by molar-refractivity contribution is -0.161. The molecule has 0 aromatic carbocycles. The number of aliphatic hydroxyl groups is 1. The van der Waals surface area contributed by atoms with Crippen LogP contribution in [0.1, 0.15) is 356 Å². The summed E-state index contributed by atoms with van der Waals surface area (Å²) in [6.07, 6.45) is 48.4. The maximum atomic E-state index is 13.0. The molecule has 0 bridgehead atoms. The van der Waals surface area contributed by atoms with Gasteiger partial charge in [0.05, 0.1) is 26.4 Å². The van der Waals surface area contributed by atoms with Crippen LogP contribution in [-0.2, 0) is 65.4 Å². The van der Waals surface area contributed by atoms with Crippen LogP contribution < -0.4 is 0 Å². The van der Waals surface area contributed by atoms with Crippen molar-refractivity contribution in [1.29, 1.82) is 0 Å². The molecular formula is C69H134O17P2. The first-order valence-electron chi connectivity index (χ1n) is 36.1. The molecule has 3 N–H and O–H groups in total. The molecule has 0 heterocycles. The summed E-state index contributed by atoms with van der Waals surface area (Å²) < 4.78 is 68.2. The molecule has 0 fully saturated rings. The number of phosphoric ester groups is 2. The maximum absolute atomic E-state index is 13.0. The second-order valence-corrected chi connectivity index (χ2v) is 28.3. The minimum absolute atomic E-state index is 0.107. The fourth-order valence-electron chi connectivity index (χ4n) is 10.5. The van der Waals surface area contributed by atoms with Crippen molar-refractivity contribution in [3.8, 4) is 0 Å². The SMILES string of the molecule is CCCCCCCCCCCCCCCCC(=O)O[C@H](COC(=O)CCCCCCCCCCCCC(C)C)COP(=O)(O)OC[C@@H](O)COP(=O)(O)OC[C@@H](COC(=O)CCCCCCCCCCCC)OC(=O)CCCCCCCCCCCCC.